The van der Waals surface area contributed by atoms with Crippen molar-refractivity contribution >= 4 is 23.4 Å². The lowest BCUT2D eigenvalue weighted by atomic mass is 10.1. The summed E-state index contributed by atoms with van der Waals surface area (Å²) in [4.78, 5) is 19.5. The van der Waals surface area contributed by atoms with E-state index in [4.69, 9.17) is 5.11 Å². The molecule has 132 valence electrons. The molecular weight excluding hydrogens is 335 g/mol. The fourth-order valence-electron chi connectivity index (χ4n) is 2.37. The highest BCUT2D eigenvalue weighted by molar-refractivity contribution is 5.73. The van der Waals surface area contributed by atoms with Crippen LogP contribution in [0.5, 0.6) is 0 Å². The Morgan fingerprint density at radius 3 is 2.58 bits per heavy atom. The van der Waals surface area contributed by atoms with E-state index in [1.807, 2.05) is 30.3 Å². The third-order valence-corrected chi connectivity index (χ3v) is 3.62. The van der Waals surface area contributed by atoms with E-state index in [0.29, 0.717) is 22.8 Å². The van der Waals surface area contributed by atoms with E-state index >= 15 is 0 Å². The Balaban J connectivity index is 1.95. The first-order chi connectivity index (χ1) is 12.5. The minimum atomic E-state index is -1.01. The van der Waals surface area contributed by atoms with Gasteiger partial charge >= 0.3 is 5.97 Å². The van der Waals surface area contributed by atoms with E-state index in [1.165, 1.54) is 6.07 Å². The van der Waals surface area contributed by atoms with E-state index in [9.17, 15) is 9.18 Å². The van der Waals surface area contributed by atoms with Crippen LogP contribution in [0.1, 0.15) is 5.56 Å². The van der Waals surface area contributed by atoms with E-state index in [1.54, 1.807) is 25.1 Å². The zero-order chi connectivity index (χ0) is 18.5. The number of aromatic nitrogens is 2. The highest BCUT2D eigenvalue weighted by Crippen LogP contribution is 2.24. The topological polar surface area (TPSA) is 87.1 Å². The molecule has 26 heavy (non-hydrogen) atoms. The lowest BCUT2D eigenvalue weighted by Crippen LogP contribution is -2.15. The molecule has 1 aromatic heterocycles. The Morgan fingerprint density at radius 1 is 1.12 bits per heavy atom. The fourth-order valence-corrected chi connectivity index (χ4v) is 2.37. The molecule has 1 heterocycles. The van der Waals surface area contributed by atoms with E-state index in [-0.39, 0.29) is 18.3 Å². The number of carbonyl (C=O) groups is 1. The van der Waals surface area contributed by atoms with Crippen LogP contribution in [-0.4, -0.2) is 27.6 Å². The number of hydrogen-bond donors (Lipinski definition) is 3. The first-order valence-electron chi connectivity index (χ1n) is 7.94. The molecule has 0 aliphatic carbocycles. The number of aliphatic carboxylic acids is 1. The maximum Gasteiger partial charge on any atom is 0.322 e. The molecule has 3 aromatic rings. The van der Waals surface area contributed by atoms with Gasteiger partial charge in [0.15, 0.2) is 0 Å². The smallest absolute Gasteiger partial charge is 0.322 e. The molecule has 0 bridgehead atoms. The first kappa shape index (κ1) is 17.3. The van der Waals surface area contributed by atoms with Gasteiger partial charge in [0, 0.05) is 17.3 Å². The van der Waals surface area contributed by atoms with Crippen LogP contribution in [-0.2, 0) is 4.79 Å². The second-order valence-corrected chi connectivity index (χ2v) is 5.66. The standard InChI is InChI=1S/C19H17FN4O2/c1-12-9-14(7-8-15(12)20)22-17-10-16(13-5-3-2-4-6-13)23-19(24-17)21-11-18(25)26/h2-10H,11H2,1H3,(H,25,26)(H2,21,22,23,24). The van der Waals surface area contributed by atoms with Gasteiger partial charge < -0.3 is 15.7 Å². The number of benzene rings is 2. The van der Waals surface area contributed by atoms with Crippen molar-refractivity contribution in [2.75, 3.05) is 17.2 Å². The van der Waals surface area contributed by atoms with Gasteiger partial charge in [0.1, 0.15) is 18.2 Å². The van der Waals surface area contributed by atoms with Crippen LogP contribution >= 0.6 is 0 Å². The molecule has 0 aliphatic heterocycles. The molecule has 6 nitrogen and oxygen atoms in total. The minimum Gasteiger partial charge on any atom is -0.480 e. The Morgan fingerprint density at radius 2 is 1.88 bits per heavy atom. The van der Waals surface area contributed by atoms with Gasteiger partial charge in [0.05, 0.1) is 5.69 Å². The van der Waals surface area contributed by atoms with Crippen molar-refractivity contribution in [2.24, 2.45) is 0 Å². The average molecular weight is 352 g/mol. The quantitative estimate of drug-likeness (QED) is 0.625. The second-order valence-electron chi connectivity index (χ2n) is 5.66. The number of rotatable bonds is 6. The van der Waals surface area contributed by atoms with Crippen molar-refractivity contribution in [3.63, 3.8) is 0 Å². The van der Waals surface area contributed by atoms with Gasteiger partial charge in [-0.25, -0.2) is 9.37 Å². The molecule has 0 fully saturated rings. The summed E-state index contributed by atoms with van der Waals surface area (Å²) in [5.41, 5.74) is 2.68. The molecule has 0 amide bonds. The summed E-state index contributed by atoms with van der Waals surface area (Å²) in [6.07, 6.45) is 0. The van der Waals surface area contributed by atoms with Crippen LogP contribution in [0.3, 0.4) is 0 Å². The predicted molar refractivity (Wildman–Crippen MR) is 98.0 cm³/mol. The summed E-state index contributed by atoms with van der Waals surface area (Å²) < 4.78 is 13.4. The van der Waals surface area contributed by atoms with Gasteiger partial charge in [-0.3, -0.25) is 4.79 Å². The van der Waals surface area contributed by atoms with Crippen LogP contribution in [0.15, 0.2) is 54.6 Å². The van der Waals surface area contributed by atoms with Crippen molar-refractivity contribution in [3.05, 3.63) is 66.0 Å². The molecule has 0 unspecified atom stereocenters. The van der Waals surface area contributed by atoms with Crippen LogP contribution in [0.4, 0.5) is 21.8 Å². The van der Waals surface area contributed by atoms with E-state index in [0.717, 1.165) is 5.56 Å². The summed E-state index contributed by atoms with van der Waals surface area (Å²) in [6, 6.07) is 15.9. The molecule has 0 atom stereocenters. The highest BCUT2D eigenvalue weighted by atomic mass is 19.1. The van der Waals surface area contributed by atoms with Crippen molar-refractivity contribution in [1.82, 2.24) is 9.97 Å². The molecule has 7 heteroatoms. The summed E-state index contributed by atoms with van der Waals surface area (Å²) in [5.74, 6) is -0.637. The van der Waals surface area contributed by atoms with Crippen molar-refractivity contribution in [3.8, 4) is 11.3 Å². The molecule has 2 aromatic carbocycles. The molecule has 0 radical (unpaired) electrons. The van der Waals surface area contributed by atoms with Gasteiger partial charge in [-0.15, -0.1) is 0 Å². The molecule has 0 aliphatic rings. The summed E-state index contributed by atoms with van der Waals surface area (Å²) >= 11 is 0. The molecule has 0 spiro atoms. The Labute approximate surface area is 149 Å². The normalized spacial score (nSPS) is 10.4. The monoisotopic (exact) mass is 352 g/mol. The zero-order valence-corrected chi connectivity index (χ0v) is 14.0. The maximum absolute atomic E-state index is 13.4. The van der Waals surface area contributed by atoms with Gasteiger partial charge in [-0.05, 0) is 30.7 Å². The highest BCUT2D eigenvalue weighted by Gasteiger charge is 2.09. The predicted octanol–water partition coefficient (Wildman–Crippen LogP) is 3.83. The summed E-state index contributed by atoms with van der Waals surface area (Å²) in [6.45, 7) is 1.38. The number of nitrogens with one attached hydrogen (secondary N) is 2. The Hall–Kier alpha value is -3.48. The third-order valence-electron chi connectivity index (χ3n) is 3.62. The van der Waals surface area contributed by atoms with Crippen molar-refractivity contribution in [1.29, 1.82) is 0 Å². The number of anilines is 3. The van der Waals surface area contributed by atoms with Crippen molar-refractivity contribution in [2.45, 2.75) is 6.92 Å². The molecular formula is C19H17FN4O2. The largest absolute Gasteiger partial charge is 0.480 e. The summed E-state index contributed by atoms with van der Waals surface area (Å²) in [5, 5.41) is 14.6. The number of nitrogens with zero attached hydrogens (tertiary/aromatic N) is 2. The Kier molecular flexibility index (Phi) is 5.07. The van der Waals surface area contributed by atoms with Crippen LogP contribution in [0.2, 0.25) is 0 Å². The number of carboxylic acids is 1. The number of halogens is 1. The van der Waals surface area contributed by atoms with Crippen LogP contribution in [0.25, 0.3) is 11.3 Å². The number of hydrogen-bond acceptors (Lipinski definition) is 5. The molecule has 3 N–H and O–H groups in total. The van der Waals surface area contributed by atoms with Gasteiger partial charge in [0.25, 0.3) is 0 Å². The minimum absolute atomic E-state index is 0.190. The van der Waals surface area contributed by atoms with Gasteiger partial charge in [0.2, 0.25) is 5.95 Å². The van der Waals surface area contributed by atoms with Crippen LogP contribution < -0.4 is 10.6 Å². The van der Waals surface area contributed by atoms with Gasteiger partial charge in [-0.1, -0.05) is 30.3 Å². The molecule has 3 rings (SSSR count). The average Bonchev–Trinajstić information content (AvgIpc) is 2.64. The van der Waals surface area contributed by atoms with Gasteiger partial charge in [-0.2, -0.15) is 4.98 Å². The first-order valence-corrected chi connectivity index (χ1v) is 7.94. The number of aryl methyl sites for hydroxylation is 1. The third kappa shape index (κ3) is 4.32. The Bertz CT molecular complexity index is 932. The van der Waals surface area contributed by atoms with Crippen LogP contribution in [0, 0.1) is 12.7 Å². The lowest BCUT2D eigenvalue weighted by molar-refractivity contribution is -0.134. The van der Waals surface area contributed by atoms with Crippen molar-refractivity contribution < 1.29 is 14.3 Å². The maximum atomic E-state index is 13.4. The lowest BCUT2D eigenvalue weighted by Gasteiger charge is -2.11. The van der Waals surface area contributed by atoms with E-state index < -0.39 is 5.97 Å². The number of carboxylic acid groups (broad SMARTS) is 1. The molecule has 0 saturated heterocycles. The van der Waals surface area contributed by atoms with E-state index in [2.05, 4.69) is 20.6 Å². The second kappa shape index (κ2) is 7.60. The zero-order valence-electron chi connectivity index (χ0n) is 14.0. The summed E-state index contributed by atoms with van der Waals surface area (Å²) in [7, 11) is 0. The SMILES string of the molecule is Cc1cc(Nc2cc(-c3ccccc3)nc(NCC(=O)O)n2)ccc1F. The molecule has 0 saturated carbocycles. The fraction of sp³-hybridized carbons (Fsp3) is 0.105.